The van der Waals surface area contributed by atoms with E-state index in [1.807, 2.05) is 22.6 Å². The Bertz CT molecular complexity index is 411. The van der Waals surface area contributed by atoms with Crippen molar-refractivity contribution in [3.8, 4) is 0 Å². The number of aliphatic hydroxyl groups is 1. The van der Waals surface area contributed by atoms with E-state index in [1.54, 1.807) is 0 Å². The molecule has 0 aliphatic heterocycles. The topological polar surface area (TPSA) is 84.3 Å². The van der Waals surface area contributed by atoms with E-state index in [2.05, 4.69) is 4.98 Å². The fourth-order valence-corrected chi connectivity index (χ4v) is 1.47. The Hall–Kier alpha value is -0.670. The summed E-state index contributed by atoms with van der Waals surface area (Å²) in [4.78, 5) is 24.2. The van der Waals surface area contributed by atoms with Crippen LogP contribution in [0.5, 0.6) is 0 Å². The van der Waals surface area contributed by atoms with Crippen molar-refractivity contribution in [2.24, 2.45) is 0 Å². The van der Waals surface area contributed by atoms with Crippen LogP contribution in [-0.4, -0.2) is 27.9 Å². The molecule has 0 saturated carbocycles. The molecule has 0 fully saturated rings. The number of nitrogens with one attached hydrogen (secondary N) is 1. The van der Waals surface area contributed by atoms with Crippen molar-refractivity contribution >= 4 is 22.6 Å². The largest absolute Gasteiger partial charge is 0.394 e. The highest BCUT2D eigenvalue weighted by molar-refractivity contribution is 14.1. The van der Waals surface area contributed by atoms with Crippen LogP contribution < -0.4 is 11.2 Å². The quantitative estimate of drug-likeness (QED) is 0.429. The van der Waals surface area contributed by atoms with Crippen LogP contribution in [0.25, 0.3) is 0 Å². The van der Waals surface area contributed by atoms with Crippen molar-refractivity contribution in [1.82, 2.24) is 9.55 Å². The van der Waals surface area contributed by atoms with Gasteiger partial charge in [-0.2, -0.15) is 0 Å². The maximum absolute atomic E-state index is 11.2. The number of H-pyrrole nitrogens is 1. The van der Waals surface area contributed by atoms with E-state index in [4.69, 9.17) is 9.84 Å². The van der Waals surface area contributed by atoms with Crippen LogP contribution in [-0.2, 0) is 11.5 Å². The Morgan fingerprint density at radius 1 is 1.57 bits per heavy atom. The summed E-state index contributed by atoms with van der Waals surface area (Å²) in [5.41, 5.74) is -0.947. The first-order chi connectivity index (χ1) is 6.65. The smallest absolute Gasteiger partial charge is 0.331 e. The maximum atomic E-state index is 11.2. The summed E-state index contributed by atoms with van der Waals surface area (Å²) in [7, 11) is 0. The zero-order valence-corrected chi connectivity index (χ0v) is 9.35. The fraction of sp³-hybridized carbons (Fsp3) is 0.429. The lowest BCUT2D eigenvalue weighted by atomic mass is 10.6. The van der Waals surface area contributed by atoms with Gasteiger partial charge in [-0.15, -0.1) is 0 Å². The van der Waals surface area contributed by atoms with Crippen LogP contribution >= 0.6 is 22.6 Å². The molecule has 1 heterocycles. The monoisotopic (exact) mass is 312 g/mol. The first kappa shape index (κ1) is 11.4. The second-order valence-corrected chi connectivity index (χ2v) is 3.56. The molecular weight excluding hydrogens is 303 g/mol. The minimum Gasteiger partial charge on any atom is -0.394 e. The van der Waals surface area contributed by atoms with Gasteiger partial charge in [0.25, 0.3) is 5.56 Å². The summed E-state index contributed by atoms with van der Waals surface area (Å²) in [5, 5.41) is 8.45. The predicted octanol–water partition coefficient (Wildman–Crippen LogP) is -0.892. The van der Waals surface area contributed by atoms with E-state index in [0.29, 0.717) is 3.70 Å². The Kier molecular flexibility index (Phi) is 4.29. The lowest BCUT2D eigenvalue weighted by molar-refractivity contribution is 0.0443. The van der Waals surface area contributed by atoms with E-state index in [-0.39, 0.29) is 19.9 Å². The average Bonchev–Trinajstić information content (AvgIpc) is 2.09. The van der Waals surface area contributed by atoms with Gasteiger partial charge in [-0.25, -0.2) is 4.79 Å². The number of hydrogen-bond donors (Lipinski definition) is 2. The molecule has 0 aromatic carbocycles. The van der Waals surface area contributed by atoms with Gasteiger partial charge < -0.3 is 9.84 Å². The molecular formula is C7H9IN2O4. The highest BCUT2D eigenvalue weighted by Crippen LogP contribution is 1.97. The molecule has 0 aliphatic carbocycles. The lowest BCUT2D eigenvalue weighted by Crippen LogP contribution is -2.32. The molecule has 0 bridgehead atoms. The molecule has 0 amide bonds. The maximum Gasteiger partial charge on any atom is 0.331 e. The van der Waals surface area contributed by atoms with E-state index in [9.17, 15) is 9.59 Å². The van der Waals surface area contributed by atoms with Gasteiger partial charge in [0.1, 0.15) is 6.73 Å². The normalized spacial score (nSPS) is 10.4. The van der Waals surface area contributed by atoms with Crippen LogP contribution in [0.3, 0.4) is 0 Å². The molecule has 1 aromatic rings. The number of halogens is 1. The summed E-state index contributed by atoms with van der Waals surface area (Å²) >= 11 is 1.86. The molecule has 14 heavy (non-hydrogen) atoms. The Morgan fingerprint density at radius 2 is 2.29 bits per heavy atom. The standard InChI is InChI=1S/C7H9IN2O4/c8-5-3-6(12)9-7(13)10(5)4-14-2-1-11/h3,11H,1-2,4H2,(H,9,12,13). The SMILES string of the molecule is O=c1cc(I)n(COCCO)c(=O)[nH]1. The van der Waals surface area contributed by atoms with Crippen molar-refractivity contribution < 1.29 is 9.84 Å². The first-order valence-corrected chi connectivity index (χ1v) is 4.91. The predicted molar refractivity (Wildman–Crippen MR) is 57.1 cm³/mol. The zero-order valence-electron chi connectivity index (χ0n) is 7.20. The number of aromatic nitrogens is 2. The van der Waals surface area contributed by atoms with E-state index < -0.39 is 11.2 Å². The summed E-state index contributed by atoms with van der Waals surface area (Å²) in [6.45, 7) is 0.0742. The van der Waals surface area contributed by atoms with Gasteiger partial charge in [-0.1, -0.05) is 0 Å². The van der Waals surface area contributed by atoms with Gasteiger partial charge in [0, 0.05) is 6.07 Å². The van der Waals surface area contributed by atoms with Gasteiger partial charge in [-0.3, -0.25) is 14.3 Å². The number of nitrogens with zero attached hydrogens (tertiary/aromatic N) is 1. The molecule has 0 saturated heterocycles. The third-order valence-corrected chi connectivity index (χ3v) is 2.33. The molecule has 78 valence electrons. The molecule has 0 unspecified atom stereocenters. The van der Waals surface area contributed by atoms with Crippen molar-refractivity contribution in [2.75, 3.05) is 13.2 Å². The fourth-order valence-electron chi connectivity index (χ4n) is 0.833. The van der Waals surface area contributed by atoms with Crippen molar-refractivity contribution in [1.29, 1.82) is 0 Å². The van der Waals surface area contributed by atoms with Crippen LogP contribution in [0.2, 0.25) is 0 Å². The third kappa shape index (κ3) is 2.93. The highest BCUT2D eigenvalue weighted by Gasteiger charge is 2.02. The summed E-state index contributed by atoms with van der Waals surface area (Å²) < 4.78 is 6.71. The zero-order chi connectivity index (χ0) is 10.6. The Morgan fingerprint density at radius 3 is 2.86 bits per heavy atom. The molecule has 0 radical (unpaired) electrons. The molecule has 1 rings (SSSR count). The van der Waals surface area contributed by atoms with E-state index in [0.717, 1.165) is 0 Å². The number of ether oxygens (including phenoxy) is 1. The van der Waals surface area contributed by atoms with E-state index in [1.165, 1.54) is 10.6 Å². The molecule has 0 spiro atoms. The Labute approximate surface area is 92.7 Å². The Balaban J connectivity index is 2.86. The van der Waals surface area contributed by atoms with Crippen molar-refractivity contribution in [2.45, 2.75) is 6.73 Å². The second kappa shape index (κ2) is 5.27. The van der Waals surface area contributed by atoms with Gasteiger partial charge in [0.05, 0.1) is 16.9 Å². The molecule has 2 N–H and O–H groups in total. The van der Waals surface area contributed by atoms with E-state index >= 15 is 0 Å². The second-order valence-electron chi connectivity index (χ2n) is 2.45. The molecule has 6 nitrogen and oxygen atoms in total. The third-order valence-electron chi connectivity index (χ3n) is 1.44. The van der Waals surface area contributed by atoms with Crippen LogP contribution in [0, 0.1) is 3.70 Å². The number of aromatic amines is 1. The number of rotatable bonds is 4. The lowest BCUT2D eigenvalue weighted by Gasteiger charge is -2.06. The van der Waals surface area contributed by atoms with Crippen LogP contribution in [0.1, 0.15) is 0 Å². The number of hydrogen-bond acceptors (Lipinski definition) is 4. The van der Waals surface area contributed by atoms with Gasteiger partial charge in [0.2, 0.25) is 0 Å². The highest BCUT2D eigenvalue weighted by atomic mass is 127. The van der Waals surface area contributed by atoms with Gasteiger partial charge in [-0.05, 0) is 22.6 Å². The molecule has 7 heteroatoms. The minimum atomic E-state index is -0.514. The molecule has 1 aromatic heterocycles. The summed E-state index contributed by atoms with van der Waals surface area (Å²) in [5.74, 6) is 0. The van der Waals surface area contributed by atoms with Crippen molar-refractivity contribution in [3.63, 3.8) is 0 Å². The minimum absolute atomic E-state index is 0.0223. The number of aliphatic hydroxyl groups excluding tert-OH is 1. The van der Waals surface area contributed by atoms with Crippen LogP contribution in [0.4, 0.5) is 0 Å². The van der Waals surface area contributed by atoms with Crippen LogP contribution in [0.15, 0.2) is 15.7 Å². The van der Waals surface area contributed by atoms with Gasteiger partial charge >= 0.3 is 5.69 Å². The first-order valence-electron chi connectivity index (χ1n) is 3.83. The van der Waals surface area contributed by atoms with Gasteiger partial charge in [0.15, 0.2) is 0 Å². The summed E-state index contributed by atoms with van der Waals surface area (Å²) in [6, 6.07) is 1.30. The molecule has 0 atom stereocenters. The van der Waals surface area contributed by atoms with Crippen molar-refractivity contribution in [3.05, 3.63) is 30.6 Å². The summed E-state index contributed by atoms with van der Waals surface area (Å²) in [6.07, 6.45) is 0. The molecule has 0 aliphatic rings. The average molecular weight is 312 g/mol.